The quantitative estimate of drug-likeness (QED) is 0.776. The van der Waals surface area contributed by atoms with E-state index in [1.807, 2.05) is 26.8 Å². The van der Waals surface area contributed by atoms with E-state index in [2.05, 4.69) is 0 Å². The lowest BCUT2D eigenvalue weighted by molar-refractivity contribution is 0.0680. The summed E-state index contributed by atoms with van der Waals surface area (Å²) in [7, 11) is 0. The fraction of sp³-hybridized carbons (Fsp3) is 0.600. The van der Waals surface area contributed by atoms with Gasteiger partial charge >= 0.3 is 0 Å². The maximum absolute atomic E-state index is 5.90. The fourth-order valence-corrected chi connectivity index (χ4v) is 1.17. The van der Waals surface area contributed by atoms with E-state index in [-0.39, 0.29) is 12.1 Å². The van der Waals surface area contributed by atoms with Gasteiger partial charge in [0, 0.05) is 5.56 Å². The molecule has 1 aromatic heterocycles. The van der Waals surface area contributed by atoms with Crippen LogP contribution in [0, 0.1) is 6.92 Å². The summed E-state index contributed by atoms with van der Waals surface area (Å²) < 4.78 is 10.6. The molecule has 1 rings (SSSR count). The Kier molecular flexibility index (Phi) is 3.51. The number of ether oxygens (including phenoxy) is 1. The lowest BCUT2D eigenvalue weighted by Gasteiger charge is -2.13. The van der Waals surface area contributed by atoms with Crippen LogP contribution in [0.3, 0.4) is 0 Å². The van der Waals surface area contributed by atoms with Gasteiger partial charge < -0.3 is 14.9 Å². The molecule has 2 N–H and O–H groups in total. The summed E-state index contributed by atoms with van der Waals surface area (Å²) in [6.07, 6.45) is 1.87. The highest BCUT2D eigenvalue weighted by Crippen LogP contribution is 2.16. The van der Waals surface area contributed by atoms with Crippen molar-refractivity contribution in [3.8, 4) is 0 Å². The zero-order valence-electron chi connectivity index (χ0n) is 8.41. The smallest absolute Gasteiger partial charge is 0.105 e. The Balaban J connectivity index is 2.49. The number of furan rings is 1. The molecule has 0 aliphatic rings. The maximum atomic E-state index is 5.90. The van der Waals surface area contributed by atoms with E-state index < -0.39 is 0 Å². The summed E-state index contributed by atoms with van der Waals surface area (Å²) in [6.45, 7) is 6.44. The van der Waals surface area contributed by atoms with Crippen molar-refractivity contribution < 1.29 is 9.15 Å². The van der Waals surface area contributed by atoms with Gasteiger partial charge in [0.1, 0.15) is 5.76 Å². The van der Waals surface area contributed by atoms with Gasteiger partial charge in [-0.3, -0.25) is 0 Å². The molecule has 3 heteroatoms. The molecule has 0 aromatic carbocycles. The van der Waals surface area contributed by atoms with Crippen molar-refractivity contribution in [3.63, 3.8) is 0 Å². The molecule has 0 spiro atoms. The predicted molar refractivity (Wildman–Crippen MR) is 51.5 cm³/mol. The number of aryl methyl sites for hydroxylation is 1. The van der Waals surface area contributed by atoms with Crippen LogP contribution in [0.5, 0.6) is 0 Å². The van der Waals surface area contributed by atoms with Gasteiger partial charge in [-0.05, 0) is 26.8 Å². The molecule has 13 heavy (non-hydrogen) atoms. The molecule has 0 aliphatic heterocycles. The van der Waals surface area contributed by atoms with Crippen molar-refractivity contribution in [3.05, 3.63) is 23.7 Å². The third-order valence-electron chi connectivity index (χ3n) is 1.91. The summed E-state index contributed by atoms with van der Waals surface area (Å²) in [6, 6.07) is 1.81. The molecule has 0 saturated heterocycles. The minimum absolute atomic E-state index is 0.0823. The van der Waals surface area contributed by atoms with Crippen LogP contribution in [0.25, 0.3) is 0 Å². The normalized spacial score (nSPS) is 13.6. The molecule has 0 aliphatic carbocycles. The van der Waals surface area contributed by atoms with E-state index >= 15 is 0 Å². The molecule has 1 aromatic rings. The van der Waals surface area contributed by atoms with Crippen molar-refractivity contribution in [2.75, 3.05) is 6.61 Å². The fourth-order valence-electron chi connectivity index (χ4n) is 1.17. The largest absolute Gasteiger partial charge is 0.469 e. The van der Waals surface area contributed by atoms with Crippen LogP contribution in [0.4, 0.5) is 0 Å². The van der Waals surface area contributed by atoms with Crippen molar-refractivity contribution in [1.29, 1.82) is 0 Å². The van der Waals surface area contributed by atoms with Gasteiger partial charge in [-0.1, -0.05) is 0 Å². The minimum Gasteiger partial charge on any atom is -0.469 e. The molecular formula is C10H17NO2. The summed E-state index contributed by atoms with van der Waals surface area (Å²) in [5, 5.41) is 0. The zero-order valence-corrected chi connectivity index (χ0v) is 8.41. The molecule has 1 heterocycles. The van der Waals surface area contributed by atoms with E-state index in [1.165, 1.54) is 0 Å². The Morgan fingerprint density at radius 2 is 2.23 bits per heavy atom. The van der Waals surface area contributed by atoms with Gasteiger partial charge in [-0.25, -0.2) is 0 Å². The van der Waals surface area contributed by atoms with Gasteiger partial charge in [0.25, 0.3) is 0 Å². The van der Waals surface area contributed by atoms with E-state index in [1.54, 1.807) is 6.26 Å². The van der Waals surface area contributed by atoms with Crippen molar-refractivity contribution in [2.24, 2.45) is 5.73 Å². The van der Waals surface area contributed by atoms with Gasteiger partial charge in [-0.15, -0.1) is 0 Å². The summed E-state index contributed by atoms with van der Waals surface area (Å²) in [5.41, 5.74) is 6.93. The van der Waals surface area contributed by atoms with Crippen LogP contribution in [-0.2, 0) is 4.74 Å². The van der Waals surface area contributed by atoms with Crippen molar-refractivity contribution in [2.45, 2.75) is 32.9 Å². The van der Waals surface area contributed by atoms with E-state index in [0.717, 1.165) is 11.3 Å². The second-order valence-electron chi connectivity index (χ2n) is 3.42. The van der Waals surface area contributed by atoms with Gasteiger partial charge in [-0.2, -0.15) is 0 Å². The molecule has 3 nitrogen and oxygen atoms in total. The van der Waals surface area contributed by atoms with Gasteiger partial charge in [0.15, 0.2) is 0 Å². The first-order valence-electron chi connectivity index (χ1n) is 4.52. The maximum Gasteiger partial charge on any atom is 0.105 e. The summed E-state index contributed by atoms with van der Waals surface area (Å²) in [4.78, 5) is 0. The molecule has 0 fully saturated rings. The Bertz CT molecular complexity index is 255. The Morgan fingerprint density at radius 3 is 2.69 bits per heavy atom. The standard InChI is InChI=1S/C10H17NO2/c1-7(2)13-6-10(11)9-4-5-12-8(9)3/h4-5,7,10H,6,11H2,1-3H3. The van der Waals surface area contributed by atoms with Crippen LogP contribution in [-0.4, -0.2) is 12.7 Å². The Morgan fingerprint density at radius 1 is 1.54 bits per heavy atom. The van der Waals surface area contributed by atoms with Crippen molar-refractivity contribution in [1.82, 2.24) is 0 Å². The van der Waals surface area contributed by atoms with Crippen LogP contribution in [0.2, 0.25) is 0 Å². The van der Waals surface area contributed by atoms with E-state index in [4.69, 9.17) is 14.9 Å². The first kappa shape index (κ1) is 10.3. The topological polar surface area (TPSA) is 48.4 Å². The first-order chi connectivity index (χ1) is 6.11. The second kappa shape index (κ2) is 4.44. The number of rotatable bonds is 4. The van der Waals surface area contributed by atoms with Crippen LogP contribution in [0.1, 0.15) is 31.2 Å². The van der Waals surface area contributed by atoms with Crippen LogP contribution < -0.4 is 5.73 Å². The van der Waals surface area contributed by atoms with Crippen molar-refractivity contribution >= 4 is 0 Å². The lowest BCUT2D eigenvalue weighted by Crippen LogP contribution is -2.19. The van der Waals surface area contributed by atoms with Gasteiger partial charge in [0.2, 0.25) is 0 Å². The Labute approximate surface area is 78.9 Å². The highest BCUT2D eigenvalue weighted by atomic mass is 16.5. The monoisotopic (exact) mass is 183 g/mol. The van der Waals surface area contributed by atoms with E-state index in [0.29, 0.717) is 6.61 Å². The summed E-state index contributed by atoms with van der Waals surface area (Å²) >= 11 is 0. The average molecular weight is 183 g/mol. The number of hydrogen-bond acceptors (Lipinski definition) is 3. The lowest BCUT2D eigenvalue weighted by atomic mass is 10.1. The molecule has 74 valence electrons. The van der Waals surface area contributed by atoms with Crippen LogP contribution in [0.15, 0.2) is 16.7 Å². The third-order valence-corrected chi connectivity index (χ3v) is 1.91. The molecule has 0 bridgehead atoms. The molecule has 0 amide bonds. The highest BCUT2D eigenvalue weighted by molar-refractivity contribution is 5.19. The molecular weight excluding hydrogens is 166 g/mol. The molecule has 1 atom stereocenters. The highest BCUT2D eigenvalue weighted by Gasteiger charge is 2.11. The first-order valence-corrected chi connectivity index (χ1v) is 4.52. The average Bonchev–Trinajstić information content (AvgIpc) is 2.47. The molecule has 0 radical (unpaired) electrons. The third kappa shape index (κ3) is 2.86. The minimum atomic E-state index is -0.0823. The van der Waals surface area contributed by atoms with Gasteiger partial charge in [0.05, 0.1) is 25.0 Å². The predicted octanol–water partition coefficient (Wildman–Crippen LogP) is 2.01. The van der Waals surface area contributed by atoms with E-state index in [9.17, 15) is 0 Å². The second-order valence-corrected chi connectivity index (χ2v) is 3.42. The summed E-state index contributed by atoms with van der Waals surface area (Å²) in [5.74, 6) is 0.875. The van der Waals surface area contributed by atoms with Crippen LogP contribution >= 0.6 is 0 Å². The molecule has 1 unspecified atom stereocenters. The SMILES string of the molecule is Cc1occc1C(N)COC(C)C. The zero-order chi connectivity index (χ0) is 9.84. The molecule has 0 saturated carbocycles. The number of nitrogens with two attached hydrogens (primary N) is 1. The Hall–Kier alpha value is -0.800. The number of hydrogen-bond donors (Lipinski definition) is 1.